The predicted molar refractivity (Wildman–Crippen MR) is 133 cm³/mol. The summed E-state index contributed by atoms with van der Waals surface area (Å²) >= 11 is 0. The molecule has 1 aromatic rings. The fourth-order valence-electron chi connectivity index (χ4n) is 6.04. The third-order valence-electron chi connectivity index (χ3n) is 8.11. The van der Waals surface area contributed by atoms with Gasteiger partial charge in [-0.15, -0.1) is 0 Å². The van der Waals surface area contributed by atoms with Crippen molar-refractivity contribution >= 4 is 0 Å². The highest BCUT2D eigenvalue weighted by Crippen LogP contribution is 2.38. The van der Waals surface area contributed by atoms with E-state index in [9.17, 15) is 0 Å². The van der Waals surface area contributed by atoms with Gasteiger partial charge in [0, 0.05) is 0 Å². The molecule has 2 saturated carbocycles. The quantitative estimate of drug-likeness (QED) is 0.252. The van der Waals surface area contributed by atoms with Crippen molar-refractivity contribution in [2.24, 2.45) is 17.8 Å². The Labute approximate surface area is 187 Å². The Bertz CT molecular complexity index is 579. The Morgan fingerprint density at radius 3 is 2.07 bits per heavy atom. The van der Waals surface area contributed by atoms with Crippen LogP contribution in [0.15, 0.2) is 36.4 Å². The van der Waals surface area contributed by atoms with Crippen molar-refractivity contribution in [3.8, 4) is 0 Å². The van der Waals surface area contributed by atoms with E-state index in [0.717, 1.165) is 23.7 Å². The van der Waals surface area contributed by atoms with Gasteiger partial charge in [-0.05, 0) is 99.0 Å². The molecule has 0 saturated heterocycles. The van der Waals surface area contributed by atoms with E-state index in [0.29, 0.717) is 0 Å². The first kappa shape index (κ1) is 23.6. The van der Waals surface area contributed by atoms with E-state index in [1.807, 2.05) is 0 Å². The summed E-state index contributed by atoms with van der Waals surface area (Å²) < 4.78 is 0. The van der Waals surface area contributed by atoms with Crippen LogP contribution >= 0.6 is 0 Å². The number of rotatable bonds is 11. The number of hydrogen-bond donors (Lipinski definition) is 0. The zero-order chi connectivity index (χ0) is 21.0. The van der Waals surface area contributed by atoms with Crippen molar-refractivity contribution in [2.45, 2.75) is 122 Å². The molecule has 0 nitrogen and oxygen atoms in total. The zero-order valence-electron chi connectivity index (χ0n) is 20.1. The van der Waals surface area contributed by atoms with Gasteiger partial charge in [0.1, 0.15) is 0 Å². The Morgan fingerprint density at radius 2 is 1.40 bits per heavy atom. The van der Waals surface area contributed by atoms with Gasteiger partial charge in [-0.25, -0.2) is 0 Å². The molecular formula is C30H48. The van der Waals surface area contributed by atoms with Gasteiger partial charge in [-0.1, -0.05) is 88.8 Å². The maximum Gasteiger partial charge on any atom is -0.0162 e. The summed E-state index contributed by atoms with van der Waals surface area (Å²) in [6.45, 7) is 4.65. The summed E-state index contributed by atoms with van der Waals surface area (Å²) in [5, 5.41) is 0. The minimum absolute atomic E-state index is 0.823. The maximum absolute atomic E-state index is 2.54. The molecule has 0 aromatic heterocycles. The summed E-state index contributed by atoms with van der Waals surface area (Å²) in [6.07, 6.45) is 27.5. The lowest BCUT2D eigenvalue weighted by Crippen LogP contribution is -2.13. The van der Waals surface area contributed by atoms with Crippen molar-refractivity contribution in [1.29, 1.82) is 0 Å². The fraction of sp³-hybridized carbons (Fsp3) is 0.733. The third kappa shape index (κ3) is 7.90. The molecule has 0 radical (unpaired) electrons. The number of unbranched alkanes of at least 4 members (excludes halogenated alkanes) is 2. The molecule has 0 amide bonds. The molecule has 0 heterocycles. The van der Waals surface area contributed by atoms with Crippen LogP contribution in [-0.4, -0.2) is 0 Å². The summed E-state index contributed by atoms with van der Waals surface area (Å²) in [4.78, 5) is 0. The summed E-state index contributed by atoms with van der Waals surface area (Å²) in [5.41, 5.74) is 3.12. The van der Waals surface area contributed by atoms with Gasteiger partial charge in [-0.3, -0.25) is 0 Å². The van der Waals surface area contributed by atoms with Crippen LogP contribution in [0.4, 0.5) is 0 Å². The topological polar surface area (TPSA) is 0 Å². The van der Waals surface area contributed by atoms with Gasteiger partial charge in [0.2, 0.25) is 0 Å². The van der Waals surface area contributed by atoms with Crippen LogP contribution in [0.3, 0.4) is 0 Å². The highest BCUT2D eigenvalue weighted by atomic mass is 14.3. The van der Waals surface area contributed by atoms with Gasteiger partial charge >= 0.3 is 0 Å². The van der Waals surface area contributed by atoms with E-state index in [4.69, 9.17) is 0 Å². The standard InChI is InChI=1S/C30H48/c1-3-5-6-10-27-17-21-29(22-18-27)30-23-19-28(20-24-30)12-8-7-11-26-15-13-25(9-4-2)14-16-26/h7,11,19-20,23-27,29H,3-6,8-10,12-18,21-22H2,1-2H3/b11-7+. The van der Waals surface area contributed by atoms with Crippen LogP contribution < -0.4 is 0 Å². The van der Waals surface area contributed by atoms with Gasteiger partial charge in [0.05, 0.1) is 0 Å². The second-order valence-electron chi connectivity index (χ2n) is 10.5. The molecule has 2 aliphatic rings. The summed E-state index contributed by atoms with van der Waals surface area (Å²) in [7, 11) is 0. The van der Waals surface area contributed by atoms with E-state index in [-0.39, 0.29) is 0 Å². The molecule has 2 aliphatic carbocycles. The van der Waals surface area contributed by atoms with Crippen LogP contribution in [0.25, 0.3) is 0 Å². The predicted octanol–water partition coefficient (Wildman–Crippen LogP) is 9.64. The monoisotopic (exact) mass is 408 g/mol. The number of allylic oxidation sites excluding steroid dienone is 2. The van der Waals surface area contributed by atoms with Crippen molar-refractivity contribution < 1.29 is 0 Å². The average Bonchev–Trinajstić information content (AvgIpc) is 2.79. The lowest BCUT2D eigenvalue weighted by Gasteiger charge is -2.29. The molecule has 0 aliphatic heterocycles. The molecule has 0 N–H and O–H groups in total. The Morgan fingerprint density at radius 1 is 0.733 bits per heavy atom. The minimum Gasteiger partial charge on any atom is -0.0879 e. The normalized spacial score (nSPS) is 27.5. The SMILES string of the molecule is CCCCCC1CCC(c2ccc(CC/C=C/C3CCC(CCC)CC3)cc2)CC1. The highest BCUT2D eigenvalue weighted by molar-refractivity contribution is 5.26. The van der Waals surface area contributed by atoms with Crippen LogP contribution in [0.2, 0.25) is 0 Å². The fourth-order valence-corrected chi connectivity index (χ4v) is 6.04. The minimum atomic E-state index is 0.823. The summed E-state index contributed by atoms with van der Waals surface area (Å²) in [6, 6.07) is 9.70. The van der Waals surface area contributed by atoms with Gasteiger partial charge in [0.15, 0.2) is 0 Å². The van der Waals surface area contributed by atoms with Crippen LogP contribution in [-0.2, 0) is 6.42 Å². The lowest BCUT2D eigenvalue weighted by molar-refractivity contribution is 0.294. The largest absolute Gasteiger partial charge is 0.0879 e. The van der Waals surface area contributed by atoms with Crippen LogP contribution in [0.1, 0.15) is 127 Å². The molecule has 3 rings (SSSR count). The third-order valence-corrected chi connectivity index (χ3v) is 8.11. The van der Waals surface area contributed by atoms with Gasteiger partial charge in [0.25, 0.3) is 0 Å². The summed E-state index contributed by atoms with van der Waals surface area (Å²) in [5.74, 6) is 3.72. The van der Waals surface area contributed by atoms with Crippen LogP contribution in [0.5, 0.6) is 0 Å². The molecule has 0 bridgehead atoms. The van der Waals surface area contributed by atoms with E-state index in [1.54, 1.807) is 5.56 Å². The van der Waals surface area contributed by atoms with E-state index in [2.05, 4.69) is 50.3 Å². The molecular weight excluding hydrogens is 360 g/mol. The molecule has 0 unspecified atom stereocenters. The number of hydrogen-bond acceptors (Lipinski definition) is 0. The van der Waals surface area contributed by atoms with E-state index >= 15 is 0 Å². The second kappa shape index (κ2) is 13.4. The van der Waals surface area contributed by atoms with E-state index < -0.39 is 0 Å². The molecule has 168 valence electrons. The molecule has 0 spiro atoms. The molecule has 0 atom stereocenters. The molecule has 1 aromatic carbocycles. The second-order valence-corrected chi connectivity index (χ2v) is 10.5. The maximum atomic E-state index is 2.54. The van der Waals surface area contributed by atoms with Crippen LogP contribution in [0, 0.1) is 17.8 Å². The smallest absolute Gasteiger partial charge is 0.0162 e. The molecule has 30 heavy (non-hydrogen) atoms. The van der Waals surface area contributed by atoms with Gasteiger partial charge < -0.3 is 0 Å². The molecule has 2 fully saturated rings. The van der Waals surface area contributed by atoms with Crippen molar-refractivity contribution in [2.75, 3.05) is 0 Å². The first-order chi connectivity index (χ1) is 14.8. The number of benzene rings is 1. The first-order valence-corrected chi connectivity index (χ1v) is 13.5. The first-order valence-electron chi connectivity index (χ1n) is 13.5. The lowest BCUT2D eigenvalue weighted by atomic mass is 9.77. The highest BCUT2D eigenvalue weighted by Gasteiger charge is 2.22. The number of aryl methyl sites for hydroxylation is 1. The van der Waals surface area contributed by atoms with Crippen molar-refractivity contribution in [1.82, 2.24) is 0 Å². The van der Waals surface area contributed by atoms with E-state index in [1.165, 1.54) is 108 Å². The Balaban J connectivity index is 1.33. The van der Waals surface area contributed by atoms with Crippen molar-refractivity contribution in [3.63, 3.8) is 0 Å². The Hall–Kier alpha value is -1.04. The van der Waals surface area contributed by atoms with Gasteiger partial charge in [-0.2, -0.15) is 0 Å². The van der Waals surface area contributed by atoms with Crippen molar-refractivity contribution in [3.05, 3.63) is 47.5 Å². The Kier molecular flexibility index (Phi) is 10.5. The average molecular weight is 409 g/mol. The molecule has 0 heteroatoms. The zero-order valence-corrected chi connectivity index (χ0v) is 20.1.